The zero-order valence-corrected chi connectivity index (χ0v) is 15.4. The summed E-state index contributed by atoms with van der Waals surface area (Å²) in [6, 6.07) is 14.8. The number of hydrogen-bond acceptors (Lipinski definition) is 4. The van der Waals surface area contributed by atoms with Crippen molar-refractivity contribution in [2.75, 3.05) is 5.32 Å². The van der Waals surface area contributed by atoms with Gasteiger partial charge in [0.2, 0.25) is 0 Å². The van der Waals surface area contributed by atoms with Crippen LogP contribution in [0.25, 0.3) is 28.0 Å². The van der Waals surface area contributed by atoms with Crippen LogP contribution >= 0.6 is 0 Å². The number of anilines is 1. The minimum absolute atomic E-state index is 0.315. The minimum atomic E-state index is 0.315. The Morgan fingerprint density at radius 3 is 2.38 bits per heavy atom. The molecule has 0 amide bonds. The number of aromatic nitrogens is 3. The van der Waals surface area contributed by atoms with Gasteiger partial charge in [-0.2, -0.15) is 0 Å². The third kappa shape index (κ3) is 2.75. The molecule has 5 nitrogen and oxygen atoms in total. The number of pyridine rings is 1. The molecule has 0 radical (unpaired) electrons. The van der Waals surface area contributed by atoms with Crippen LogP contribution in [0.4, 0.5) is 5.82 Å². The molecule has 0 saturated heterocycles. The van der Waals surface area contributed by atoms with Crippen molar-refractivity contribution < 1.29 is 4.52 Å². The van der Waals surface area contributed by atoms with Gasteiger partial charge >= 0.3 is 0 Å². The zero-order chi connectivity index (χ0) is 18.3. The van der Waals surface area contributed by atoms with Crippen molar-refractivity contribution in [3.63, 3.8) is 0 Å². The first-order valence-corrected chi connectivity index (χ1v) is 8.82. The van der Waals surface area contributed by atoms with E-state index in [0.717, 1.165) is 45.3 Å². The highest BCUT2D eigenvalue weighted by Crippen LogP contribution is 2.32. The topological polar surface area (TPSA) is 55.4 Å². The predicted molar refractivity (Wildman–Crippen MR) is 104 cm³/mol. The second kappa shape index (κ2) is 6.33. The lowest BCUT2D eigenvalue weighted by molar-refractivity contribution is 0.393. The first-order valence-electron chi connectivity index (χ1n) is 8.82. The van der Waals surface area contributed by atoms with Crippen LogP contribution in [-0.4, -0.2) is 20.6 Å². The summed E-state index contributed by atoms with van der Waals surface area (Å²) in [5, 5.41) is 7.58. The summed E-state index contributed by atoms with van der Waals surface area (Å²) in [7, 11) is 0. The lowest BCUT2D eigenvalue weighted by atomic mass is 10.0. The molecule has 26 heavy (non-hydrogen) atoms. The molecule has 3 aromatic heterocycles. The number of imidazole rings is 1. The van der Waals surface area contributed by atoms with E-state index in [9.17, 15) is 0 Å². The highest BCUT2D eigenvalue weighted by atomic mass is 16.5. The number of nitrogens with one attached hydrogen (secondary N) is 1. The molecule has 0 aliphatic heterocycles. The van der Waals surface area contributed by atoms with Gasteiger partial charge in [-0.1, -0.05) is 35.5 Å². The van der Waals surface area contributed by atoms with Gasteiger partial charge in [0, 0.05) is 23.4 Å². The summed E-state index contributed by atoms with van der Waals surface area (Å²) >= 11 is 0. The van der Waals surface area contributed by atoms with E-state index >= 15 is 0 Å². The largest absolute Gasteiger partial charge is 0.367 e. The van der Waals surface area contributed by atoms with Gasteiger partial charge in [-0.05, 0) is 45.4 Å². The van der Waals surface area contributed by atoms with Crippen LogP contribution < -0.4 is 5.32 Å². The molecule has 1 aromatic carbocycles. The first kappa shape index (κ1) is 16.4. The summed E-state index contributed by atoms with van der Waals surface area (Å²) in [4.78, 5) is 4.83. The van der Waals surface area contributed by atoms with Gasteiger partial charge in [0.1, 0.15) is 22.9 Å². The fourth-order valence-corrected chi connectivity index (χ4v) is 3.30. The Bertz CT molecular complexity index is 1040. The molecule has 0 aliphatic rings. The van der Waals surface area contributed by atoms with E-state index in [0.29, 0.717) is 6.04 Å². The number of hydrogen-bond donors (Lipinski definition) is 1. The third-order valence-corrected chi connectivity index (χ3v) is 4.44. The monoisotopic (exact) mass is 346 g/mol. The number of benzene rings is 1. The summed E-state index contributed by atoms with van der Waals surface area (Å²) in [5.41, 5.74) is 6.03. The van der Waals surface area contributed by atoms with Crippen LogP contribution in [0.5, 0.6) is 0 Å². The smallest absolute Gasteiger partial charge is 0.141 e. The second-order valence-electron chi connectivity index (χ2n) is 6.81. The van der Waals surface area contributed by atoms with E-state index in [4.69, 9.17) is 9.51 Å². The maximum absolute atomic E-state index is 5.29. The second-order valence-corrected chi connectivity index (χ2v) is 6.81. The van der Waals surface area contributed by atoms with E-state index < -0.39 is 0 Å². The van der Waals surface area contributed by atoms with Crippen molar-refractivity contribution in [2.45, 2.75) is 33.7 Å². The number of fused-ring (bicyclic) bond motifs is 1. The van der Waals surface area contributed by atoms with Gasteiger partial charge in [0.15, 0.2) is 0 Å². The average Bonchev–Trinajstić information content (AvgIpc) is 3.15. The fourth-order valence-electron chi connectivity index (χ4n) is 3.30. The molecule has 132 valence electrons. The Hall–Kier alpha value is -3.08. The van der Waals surface area contributed by atoms with Gasteiger partial charge < -0.3 is 9.84 Å². The lowest BCUT2D eigenvalue weighted by Crippen LogP contribution is -2.12. The van der Waals surface area contributed by atoms with Crippen LogP contribution in [0.3, 0.4) is 0 Å². The molecule has 0 spiro atoms. The summed E-state index contributed by atoms with van der Waals surface area (Å²) in [6.07, 6.45) is 2.04. The van der Waals surface area contributed by atoms with Crippen molar-refractivity contribution in [1.29, 1.82) is 0 Å². The Balaban J connectivity index is 1.80. The summed E-state index contributed by atoms with van der Waals surface area (Å²) < 4.78 is 7.39. The predicted octanol–water partition coefficient (Wildman–Crippen LogP) is 5.09. The molecule has 0 fully saturated rings. The fraction of sp³-hybridized carbons (Fsp3) is 0.238. The van der Waals surface area contributed by atoms with E-state index in [1.165, 1.54) is 0 Å². The molecule has 1 N–H and O–H groups in total. The first-order chi connectivity index (χ1) is 12.5. The zero-order valence-electron chi connectivity index (χ0n) is 15.4. The van der Waals surface area contributed by atoms with E-state index in [2.05, 4.69) is 53.0 Å². The highest BCUT2D eigenvalue weighted by molar-refractivity contribution is 5.79. The Kier molecular flexibility index (Phi) is 3.99. The number of aryl methyl sites for hydroxylation is 2. The molecule has 4 aromatic rings. The molecule has 0 saturated carbocycles. The minimum Gasteiger partial charge on any atom is -0.367 e. The molecular formula is C21H22N4O. The molecule has 0 unspecified atom stereocenters. The van der Waals surface area contributed by atoms with Crippen molar-refractivity contribution >= 4 is 11.5 Å². The Morgan fingerprint density at radius 1 is 1.00 bits per heavy atom. The van der Waals surface area contributed by atoms with Gasteiger partial charge in [0.25, 0.3) is 0 Å². The standard InChI is InChI=1S/C21H22N4O/c1-13(2)22-21-20(23-18-7-5-6-12-25(18)21)17-10-8-16(9-11-17)19-14(3)24-26-15(19)4/h5-13,22H,1-4H3. The maximum Gasteiger partial charge on any atom is 0.141 e. The summed E-state index contributed by atoms with van der Waals surface area (Å²) in [5.74, 6) is 1.85. The Morgan fingerprint density at radius 2 is 1.73 bits per heavy atom. The van der Waals surface area contributed by atoms with Gasteiger partial charge in [-0.3, -0.25) is 4.40 Å². The van der Waals surface area contributed by atoms with Crippen LogP contribution in [0.2, 0.25) is 0 Å². The van der Waals surface area contributed by atoms with Gasteiger partial charge in [-0.25, -0.2) is 4.98 Å². The lowest BCUT2D eigenvalue weighted by Gasteiger charge is -2.12. The molecular weight excluding hydrogens is 324 g/mol. The molecule has 0 aliphatic carbocycles. The van der Waals surface area contributed by atoms with Crippen LogP contribution in [-0.2, 0) is 0 Å². The quantitative estimate of drug-likeness (QED) is 0.559. The molecule has 0 bridgehead atoms. The van der Waals surface area contributed by atoms with Gasteiger partial charge in [0.05, 0.1) is 5.69 Å². The molecule has 4 rings (SSSR count). The number of rotatable bonds is 4. The highest BCUT2D eigenvalue weighted by Gasteiger charge is 2.16. The van der Waals surface area contributed by atoms with Crippen molar-refractivity contribution in [1.82, 2.24) is 14.5 Å². The van der Waals surface area contributed by atoms with E-state index in [1.54, 1.807) is 0 Å². The SMILES string of the molecule is Cc1noc(C)c1-c1ccc(-c2nc3ccccn3c2NC(C)C)cc1. The molecule has 3 heterocycles. The number of nitrogens with zero attached hydrogens (tertiary/aromatic N) is 3. The molecule has 0 atom stereocenters. The van der Waals surface area contributed by atoms with Crippen LogP contribution in [0.15, 0.2) is 53.2 Å². The van der Waals surface area contributed by atoms with Crippen molar-refractivity contribution in [3.8, 4) is 22.4 Å². The normalized spacial score (nSPS) is 11.4. The third-order valence-electron chi connectivity index (χ3n) is 4.44. The van der Waals surface area contributed by atoms with Crippen LogP contribution in [0.1, 0.15) is 25.3 Å². The maximum atomic E-state index is 5.29. The Labute approximate surface area is 152 Å². The average molecular weight is 346 g/mol. The summed E-state index contributed by atoms with van der Waals surface area (Å²) in [6.45, 7) is 8.17. The van der Waals surface area contributed by atoms with E-state index in [-0.39, 0.29) is 0 Å². The van der Waals surface area contributed by atoms with Crippen LogP contribution in [0, 0.1) is 13.8 Å². The van der Waals surface area contributed by atoms with Gasteiger partial charge in [-0.15, -0.1) is 0 Å². The van der Waals surface area contributed by atoms with Crippen molar-refractivity contribution in [3.05, 3.63) is 60.1 Å². The van der Waals surface area contributed by atoms with E-state index in [1.807, 2.05) is 38.2 Å². The van der Waals surface area contributed by atoms with Crippen molar-refractivity contribution in [2.24, 2.45) is 0 Å². The molecule has 5 heteroatoms.